The highest BCUT2D eigenvalue weighted by atomic mass is 19.1. The van der Waals surface area contributed by atoms with Gasteiger partial charge in [-0.2, -0.15) is 0 Å². The number of hydrogen-bond donors (Lipinski definition) is 2. The van der Waals surface area contributed by atoms with Gasteiger partial charge in [0.1, 0.15) is 17.2 Å². The summed E-state index contributed by atoms with van der Waals surface area (Å²) in [5, 5.41) is 10.6. The smallest absolute Gasteiger partial charge is 0.150 e. The maximum atomic E-state index is 13.5. The molecule has 0 spiro atoms. The first kappa shape index (κ1) is 22.1. The normalized spacial score (nSPS) is 21.1. The van der Waals surface area contributed by atoms with Crippen LogP contribution in [0.2, 0.25) is 0 Å². The Bertz CT molecular complexity index is 1050. The van der Waals surface area contributed by atoms with Crippen LogP contribution in [0.5, 0.6) is 0 Å². The molecule has 6 heteroatoms. The van der Waals surface area contributed by atoms with E-state index < -0.39 is 11.6 Å². The van der Waals surface area contributed by atoms with Gasteiger partial charge in [0.2, 0.25) is 0 Å². The van der Waals surface area contributed by atoms with Crippen LogP contribution < -0.4 is 10.6 Å². The second-order valence-corrected chi connectivity index (χ2v) is 8.27. The van der Waals surface area contributed by atoms with Gasteiger partial charge in [0, 0.05) is 24.7 Å². The molecule has 3 atom stereocenters. The van der Waals surface area contributed by atoms with Crippen LogP contribution in [0.15, 0.2) is 72.8 Å². The topological polar surface area (TPSA) is 66.6 Å². The molecule has 32 heavy (non-hydrogen) atoms. The van der Waals surface area contributed by atoms with Crippen molar-refractivity contribution in [2.75, 3.05) is 11.4 Å². The fourth-order valence-electron chi connectivity index (χ4n) is 4.61. The van der Waals surface area contributed by atoms with Crippen molar-refractivity contribution >= 4 is 12.0 Å². The molecule has 3 N–H and O–H groups in total. The molecule has 3 aromatic carbocycles. The van der Waals surface area contributed by atoms with Gasteiger partial charge in [0.15, 0.2) is 6.29 Å². The Kier molecular flexibility index (Phi) is 6.35. The molecular weight excluding hydrogens is 410 g/mol. The van der Waals surface area contributed by atoms with E-state index in [0.717, 1.165) is 23.1 Å². The number of aliphatic hydroxyl groups excluding tert-OH is 1. The number of nitrogens with two attached hydrogens (primary N) is 1. The third-order valence-electron chi connectivity index (χ3n) is 6.49. The van der Waals surface area contributed by atoms with Gasteiger partial charge in [-0.3, -0.25) is 0 Å². The Morgan fingerprint density at radius 1 is 1.00 bits per heavy atom. The molecule has 0 radical (unpaired) electrons. The molecule has 0 bridgehead atoms. The Hall–Kier alpha value is -3.09. The van der Waals surface area contributed by atoms with Gasteiger partial charge >= 0.3 is 0 Å². The summed E-state index contributed by atoms with van der Waals surface area (Å²) >= 11 is 0. The standard InChI is InChI=1S/C26H26F2N2O2/c27-22-8-3-19(4-9-22)25(32)14-7-21-16-30(24-12-10-23(28)11-13-24)26(21,17-31)20-5-1-18(15-29)2-6-20/h1-6,8-13,17,21,25,32H,7,14-16,29H2. The minimum absolute atomic E-state index is 0.0520. The van der Waals surface area contributed by atoms with Gasteiger partial charge in [-0.15, -0.1) is 0 Å². The number of carbonyl (C=O) groups excluding carboxylic acids is 1. The van der Waals surface area contributed by atoms with Crippen molar-refractivity contribution in [3.63, 3.8) is 0 Å². The van der Waals surface area contributed by atoms with Gasteiger partial charge < -0.3 is 20.5 Å². The second-order valence-electron chi connectivity index (χ2n) is 8.27. The first-order valence-electron chi connectivity index (χ1n) is 10.7. The minimum Gasteiger partial charge on any atom is -0.388 e. The molecule has 0 aliphatic carbocycles. The zero-order valence-electron chi connectivity index (χ0n) is 17.6. The molecule has 1 aliphatic heterocycles. The summed E-state index contributed by atoms with van der Waals surface area (Å²) in [5.74, 6) is -0.739. The summed E-state index contributed by atoms with van der Waals surface area (Å²) in [4.78, 5) is 14.6. The molecule has 4 rings (SSSR count). The van der Waals surface area contributed by atoms with Crippen LogP contribution in [0.4, 0.5) is 14.5 Å². The van der Waals surface area contributed by atoms with E-state index >= 15 is 0 Å². The molecular formula is C26H26F2N2O2. The zero-order valence-corrected chi connectivity index (χ0v) is 17.6. The van der Waals surface area contributed by atoms with E-state index in [2.05, 4.69) is 0 Å². The average molecular weight is 437 g/mol. The molecule has 0 saturated carbocycles. The maximum absolute atomic E-state index is 13.5. The number of benzene rings is 3. The minimum atomic E-state index is -0.923. The predicted octanol–water partition coefficient (Wildman–Crippen LogP) is 4.47. The maximum Gasteiger partial charge on any atom is 0.150 e. The Balaban J connectivity index is 1.61. The van der Waals surface area contributed by atoms with E-state index in [1.54, 1.807) is 24.3 Å². The zero-order chi connectivity index (χ0) is 22.7. The van der Waals surface area contributed by atoms with Gasteiger partial charge in [0.25, 0.3) is 0 Å². The number of halogens is 2. The van der Waals surface area contributed by atoms with Crippen LogP contribution in [0.1, 0.15) is 35.6 Å². The molecule has 3 aromatic rings. The van der Waals surface area contributed by atoms with Crippen LogP contribution >= 0.6 is 0 Å². The molecule has 0 aromatic heterocycles. The van der Waals surface area contributed by atoms with Crippen LogP contribution in [0.3, 0.4) is 0 Å². The number of rotatable bonds is 8. The number of nitrogens with zero attached hydrogens (tertiary/aromatic N) is 1. The van der Waals surface area contributed by atoms with Crippen LogP contribution in [0, 0.1) is 17.6 Å². The fraction of sp³-hybridized carbons (Fsp3) is 0.269. The lowest BCUT2D eigenvalue weighted by Gasteiger charge is -2.57. The molecule has 166 valence electrons. The number of aliphatic hydroxyl groups is 1. The van der Waals surface area contributed by atoms with E-state index in [1.807, 2.05) is 29.2 Å². The van der Waals surface area contributed by atoms with Crippen molar-refractivity contribution in [3.8, 4) is 0 Å². The summed E-state index contributed by atoms with van der Waals surface area (Å²) in [5.41, 5.74) is 8.01. The first-order chi connectivity index (χ1) is 15.5. The second kappa shape index (κ2) is 9.18. The SMILES string of the molecule is NCc1ccc(C2(C=O)C(CCC(O)c3ccc(F)cc3)CN2c2ccc(F)cc2)cc1. The summed E-state index contributed by atoms with van der Waals surface area (Å²) < 4.78 is 26.7. The van der Waals surface area contributed by atoms with E-state index in [4.69, 9.17) is 5.73 Å². The van der Waals surface area contributed by atoms with Crippen LogP contribution in [0.25, 0.3) is 0 Å². The van der Waals surface area contributed by atoms with Gasteiger partial charge in [-0.25, -0.2) is 8.78 Å². The number of carbonyl (C=O) groups is 1. The molecule has 1 fully saturated rings. The molecule has 4 nitrogen and oxygen atoms in total. The highest BCUT2D eigenvalue weighted by molar-refractivity contribution is 5.79. The summed E-state index contributed by atoms with van der Waals surface area (Å²) in [6.45, 7) is 1.00. The van der Waals surface area contributed by atoms with Crippen LogP contribution in [-0.4, -0.2) is 17.9 Å². The van der Waals surface area contributed by atoms with E-state index in [9.17, 15) is 18.7 Å². The third-order valence-corrected chi connectivity index (χ3v) is 6.49. The monoisotopic (exact) mass is 436 g/mol. The lowest BCUT2D eigenvalue weighted by molar-refractivity contribution is -0.117. The van der Waals surface area contributed by atoms with Crippen molar-refractivity contribution in [2.24, 2.45) is 11.7 Å². The molecule has 1 saturated heterocycles. The van der Waals surface area contributed by atoms with Gasteiger partial charge in [-0.05, 0) is 65.9 Å². The lowest BCUT2D eigenvalue weighted by atomic mass is 9.67. The van der Waals surface area contributed by atoms with Crippen molar-refractivity contribution in [2.45, 2.75) is 31.0 Å². The quantitative estimate of drug-likeness (QED) is 0.512. The number of anilines is 1. The van der Waals surface area contributed by atoms with Gasteiger partial charge in [0.05, 0.1) is 6.10 Å². The average Bonchev–Trinajstić information content (AvgIpc) is 2.81. The summed E-state index contributed by atoms with van der Waals surface area (Å²) in [7, 11) is 0. The highest BCUT2D eigenvalue weighted by Crippen LogP contribution is 2.49. The Labute approximate surface area is 186 Å². The van der Waals surface area contributed by atoms with E-state index in [-0.39, 0.29) is 17.6 Å². The van der Waals surface area contributed by atoms with E-state index in [1.165, 1.54) is 24.3 Å². The van der Waals surface area contributed by atoms with Crippen molar-refractivity contribution in [3.05, 3.63) is 101 Å². The van der Waals surface area contributed by atoms with Crippen molar-refractivity contribution in [1.29, 1.82) is 0 Å². The molecule has 1 aliphatic rings. The van der Waals surface area contributed by atoms with E-state index in [0.29, 0.717) is 31.5 Å². The Morgan fingerprint density at radius 3 is 2.16 bits per heavy atom. The summed E-state index contributed by atoms with van der Waals surface area (Å²) in [6.07, 6.45) is 1.23. The Morgan fingerprint density at radius 2 is 1.59 bits per heavy atom. The number of aldehydes is 1. The predicted molar refractivity (Wildman–Crippen MR) is 120 cm³/mol. The fourth-order valence-corrected chi connectivity index (χ4v) is 4.61. The largest absolute Gasteiger partial charge is 0.388 e. The molecule has 3 unspecified atom stereocenters. The lowest BCUT2D eigenvalue weighted by Crippen LogP contribution is -2.66. The molecule has 1 heterocycles. The first-order valence-corrected chi connectivity index (χ1v) is 10.7. The third kappa shape index (κ3) is 4.04. The van der Waals surface area contributed by atoms with Crippen LogP contribution in [-0.2, 0) is 16.9 Å². The van der Waals surface area contributed by atoms with Crippen molar-refractivity contribution in [1.82, 2.24) is 0 Å². The highest BCUT2D eigenvalue weighted by Gasteiger charge is 2.54. The summed E-state index contributed by atoms with van der Waals surface area (Å²) in [6, 6.07) is 19.6. The van der Waals surface area contributed by atoms with Crippen molar-refractivity contribution < 1.29 is 18.7 Å². The number of hydrogen-bond acceptors (Lipinski definition) is 4. The molecule has 0 amide bonds. The van der Waals surface area contributed by atoms with Gasteiger partial charge in [-0.1, -0.05) is 36.4 Å².